The summed E-state index contributed by atoms with van der Waals surface area (Å²) in [4.78, 5) is 13.5. The van der Waals surface area contributed by atoms with Crippen LogP contribution in [-0.2, 0) is 4.79 Å². The molecule has 2 heteroatoms. The van der Waals surface area contributed by atoms with Gasteiger partial charge in [0, 0.05) is 32.0 Å². The number of nitrogens with zero attached hydrogens (tertiary/aromatic N) is 1. The molecular formula is C10H17NO. The Bertz CT molecular complexity index is 176. The fourth-order valence-electron chi connectivity index (χ4n) is 2.06. The summed E-state index contributed by atoms with van der Waals surface area (Å²) in [5.41, 5.74) is 0. The summed E-state index contributed by atoms with van der Waals surface area (Å²) in [6, 6.07) is 0.734. The van der Waals surface area contributed by atoms with Gasteiger partial charge in [-0.25, -0.2) is 0 Å². The third-order valence-electron chi connectivity index (χ3n) is 3.24. The highest BCUT2D eigenvalue weighted by Crippen LogP contribution is 2.35. The number of likely N-dealkylation sites (tertiary alicyclic amines) is 1. The van der Waals surface area contributed by atoms with E-state index in [0.29, 0.717) is 5.78 Å². The molecule has 0 aromatic heterocycles. The van der Waals surface area contributed by atoms with Gasteiger partial charge in [-0.3, -0.25) is 9.69 Å². The van der Waals surface area contributed by atoms with Gasteiger partial charge in [0.05, 0.1) is 0 Å². The number of hydrogen-bond donors (Lipinski definition) is 0. The fraction of sp³-hybridized carbons (Fsp3) is 0.900. The minimum atomic E-state index is 0.453. The van der Waals surface area contributed by atoms with Gasteiger partial charge in [0.1, 0.15) is 5.78 Å². The van der Waals surface area contributed by atoms with Crippen molar-refractivity contribution in [2.75, 3.05) is 13.1 Å². The molecule has 1 aliphatic carbocycles. The highest BCUT2D eigenvalue weighted by atomic mass is 16.1. The highest BCUT2D eigenvalue weighted by Gasteiger charge is 2.33. The number of ketones is 1. The molecular weight excluding hydrogens is 150 g/mol. The molecule has 0 radical (unpaired) electrons. The first-order chi connectivity index (χ1) is 5.77. The Morgan fingerprint density at radius 3 is 2.42 bits per heavy atom. The molecule has 1 saturated carbocycles. The minimum Gasteiger partial charge on any atom is -0.300 e. The van der Waals surface area contributed by atoms with E-state index < -0.39 is 0 Å². The number of carbonyl (C=O) groups is 1. The van der Waals surface area contributed by atoms with Gasteiger partial charge in [-0.15, -0.1) is 0 Å². The zero-order chi connectivity index (χ0) is 8.55. The summed E-state index contributed by atoms with van der Waals surface area (Å²) < 4.78 is 0. The van der Waals surface area contributed by atoms with E-state index in [4.69, 9.17) is 0 Å². The van der Waals surface area contributed by atoms with Crippen molar-refractivity contribution in [3.05, 3.63) is 0 Å². The molecule has 0 N–H and O–H groups in total. The van der Waals surface area contributed by atoms with Crippen molar-refractivity contribution in [2.24, 2.45) is 5.92 Å². The predicted molar refractivity (Wildman–Crippen MR) is 48.0 cm³/mol. The van der Waals surface area contributed by atoms with Gasteiger partial charge in [-0.05, 0) is 25.7 Å². The topological polar surface area (TPSA) is 20.3 Å². The average molecular weight is 167 g/mol. The summed E-state index contributed by atoms with van der Waals surface area (Å²) in [5, 5.41) is 0. The van der Waals surface area contributed by atoms with Crippen molar-refractivity contribution in [3.8, 4) is 0 Å². The Hall–Kier alpha value is -0.370. The van der Waals surface area contributed by atoms with Gasteiger partial charge in [-0.1, -0.05) is 0 Å². The van der Waals surface area contributed by atoms with Crippen LogP contribution in [0.3, 0.4) is 0 Å². The Morgan fingerprint density at radius 1 is 1.33 bits per heavy atom. The van der Waals surface area contributed by atoms with E-state index in [0.717, 1.165) is 37.9 Å². The number of Topliss-reactive ketones (excluding diaryl/α,β-unsaturated/α-hetero) is 1. The largest absolute Gasteiger partial charge is 0.300 e. The van der Waals surface area contributed by atoms with Crippen LogP contribution in [0.4, 0.5) is 0 Å². The highest BCUT2D eigenvalue weighted by molar-refractivity contribution is 5.79. The lowest BCUT2D eigenvalue weighted by atomic mass is 10.1. The van der Waals surface area contributed by atoms with Crippen molar-refractivity contribution in [1.82, 2.24) is 4.90 Å². The smallest absolute Gasteiger partial charge is 0.135 e. The van der Waals surface area contributed by atoms with E-state index in [1.54, 1.807) is 0 Å². The molecule has 2 fully saturated rings. The molecule has 68 valence electrons. The molecule has 2 nitrogen and oxygen atoms in total. The van der Waals surface area contributed by atoms with Gasteiger partial charge < -0.3 is 0 Å². The van der Waals surface area contributed by atoms with E-state index in [9.17, 15) is 4.79 Å². The molecule has 0 spiro atoms. The first kappa shape index (κ1) is 8.24. The molecule has 0 aromatic rings. The monoisotopic (exact) mass is 167 g/mol. The first-order valence-electron chi connectivity index (χ1n) is 5.03. The minimum absolute atomic E-state index is 0.453. The van der Waals surface area contributed by atoms with Crippen molar-refractivity contribution < 1.29 is 4.79 Å². The number of piperidine rings is 1. The van der Waals surface area contributed by atoms with Crippen molar-refractivity contribution in [3.63, 3.8) is 0 Å². The maximum absolute atomic E-state index is 11.0. The molecule has 2 aliphatic rings. The zero-order valence-electron chi connectivity index (χ0n) is 7.75. The van der Waals surface area contributed by atoms with Crippen molar-refractivity contribution in [1.29, 1.82) is 0 Å². The molecule has 1 aliphatic heterocycles. The van der Waals surface area contributed by atoms with Crippen LogP contribution in [0.2, 0.25) is 0 Å². The van der Waals surface area contributed by atoms with Crippen molar-refractivity contribution in [2.45, 2.75) is 38.6 Å². The molecule has 1 atom stereocenters. The van der Waals surface area contributed by atoms with E-state index in [1.807, 2.05) is 0 Å². The van der Waals surface area contributed by atoms with Crippen LogP contribution in [0.1, 0.15) is 32.6 Å². The molecule has 12 heavy (non-hydrogen) atoms. The predicted octanol–water partition coefficient (Wildman–Crippen LogP) is 1.45. The fourth-order valence-corrected chi connectivity index (χ4v) is 2.06. The normalized spacial score (nSPS) is 28.9. The van der Waals surface area contributed by atoms with Crippen LogP contribution < -0.4 is 0 Å². The Balaban J connectivity index is 1.83. The third-order valence-corrected chi connectivity index (χ3v) is 3.24. The van der Waals surface area contributed by atoms with Gasteiger partial charge >= 0.3 is 0 Å². The Morgan fingerprint density at radius 2 is 1.92 bits per heavy atom. The number of rotatable bonds is 2. The van der Waals surface area contributed by atoms with Gasteiger partial charge in [-0.2, -0.15) is 0 Å². The van der Waals surface area contributed by atoms with E-state index in [2.05, 4.69) is 11.8 Å². The molecule has 1 unspecified atom stereocenters. The lowest BCUT2D eigenvalue weighted by Crippen LogP contribution is -2.41. The molecule has 0 bridgehead atoms. The third kappa shape index (κ3) is 1.69. The maximum Gasteiger partial charge on any atom is 0.135 e. The maximum atomic E-state index is 11.0. The SMILES string of the molecule is CC(C1CC1)N1CCC(=O)CC1. The van der Waals surface area contributed by atoms with Gasteiger partial charge in [0.15, 0.2) is 0 Å². The summed E-state index contributed by atoms with van der Waals surface area (Å²) in [6.07, 6.45) is 4.39. The standard InChI is InChI=1S/C10H17NO/c1-8(9-2-3-9)11-6-4-10(12)5-7-11/h8-9H,2-7H2,1H3. The summed E-state index contributed by atoms with van der Waals surface area (Å²) in [6.45, 7) is 4.33. The molecule has 0 aromatic carbocycles. The van der Waals surface area contributed by atoms with E-state index in [-0.39, 0.29) is 0 Å². The lowest BCUT2D eigenvalue weighted by molar-refractivity contribution is -0.121. The van der Waals surface area contributed by atoms with Crippen LogP contribution in [-0.4, -0.2) is 29.8 Å². The number of carbonyl (C=O) groups excluding carboxylic acids is 1. The van der Waals surface area contributed by atoms with Crippen molar-refractivity contribution >= 4 is 5.78 Å². The first-order valence-corrected chi connectivity index (χ1v) is 5.03. The number of hydrogen-bond acceptors (Lipinski definition) is 2. The lowest BCUT2D eigenvalue weighted by Gasteiger charge is -2.31. The average Bonchev–Trinajstić information content (AvgIpc) is 2.87. The van der Waals surface area contributed by atoms with Crippen LogP contribution >= 0.6 is 0 Å². The summed E-state index contributed by atoms with van der Waals surface area (Å²) in [7, 11) is 0. The van der Waals surface area contributed by atoms with Crippen LogP contribution in [0.15, 0.2) is 0 Å². The molecule has 1 heterocycles. The molecule has 2 rings (SSSR count). The Labute approximate surface area is 73.9 Å². The Kier molecular flexibility index (Phi) is 2.18. The second-order valence-electron chi connectivity index (χ2n) is 4.15. The summed E-state index contributed by atoms with van der Waals surface area (Å²) >= 11 is 0. The zero-order valence-corrected chi connectivity index (χ0v) is 7.75. The second-order valence-corrected chi connectivity index (χ2v) is 4.15. The van der Waals surface area contributed by atoms with Crippen LogP contribution in [0.5, 0.6) is 0 Å². The quantitative estimate of drug-likeness (QED) is 0.620. The van der Waals surface area contributed by atoms with Crippen LogP contribution in [0.25, 0.3) is 0 Å². The van der Waals surface area contributed by atoms with E-state index in [1.165, 1.54) is 12.8 Å². The van der Waals surface area contributed by atoms with Crippen LogP contribution in [0, 0.1) is 5.92 Å². The van der Waals surface area contributed by atoms with Gasteiger partial charge in [0.2, 0.25) is 0 Å². The van der Waals surface area contributed by atoms with Gasteiger partial charge in [0.25, 0.3) is 0 Å². The van der Waals surface area contributed by atoms with E-state index >= 15 is 0 Å². The second kappa shape index (κ2) is 3.17. The molecule has 0 amide bonds. The molecule has 1 saturated heterocycles. The summed E-state index contributed by atoms with van der Waals surface area (Å²) in [5.74, 6) is 1.40.